The molecule has 0 bridgehead atoms. The minimum Gasteiger partial charge on any atom is -0.363 e. The Morgan fingerprint density at radius 3 is 2.55 bits per heavy atom. The maximum atomic E-state index is 13.2. The van der Waals surface area contributed by atoms with E-state index in [2.05, 4.69) is 10.5 Å². The summed E-state index contributed by atoms with van der Waals surface area (Å²) in [7, 11) is -3.76. The van der Waals surface area contributed by atoms with E-state index in [0.717, 1.165) is 11.1 Å². The largest absolute Gasteiger partial charge is 0.363 e. The van der Waals surface area contributed by atoms with E-state index in [-0.39, 0.29) is 10.5 Å². The Hall–Kier alpha value is -3.62. The number of benzene rings is 3. The zero-order chi connectivity index (χ0) is 23.0. The number of aromatic nitrogens is 1. The molecule has 0 aliphatic carbocycles. The highest BCUT2D eigenvalue weighted by Gasteiger charge is 2.31. The van der Waals surface area contributed by atoms with Gasteiger partial charge in [-0.1, -0.05) is 53.2 Å². The van der Waals surface area contributed by atoms with Gasteiger partial charge in [0.05, 0.1) is 10.6 Å². The van der Waals surface area contributed by atoms with Crippen molar-refractivity contribution in [3.05, 3.63) is 95.2 Å². The van der Waals surface area contributed by atoms with Crippen molar-refractivity contribution in [2.75, 3.05) is 16.2 Å². The van der Waals surface area contributed by atoms with Crippen LogP contribution in [0.3, 0.4) is 0 Å². The number of nitrogens with zero attached hydrogens (tertiary/aromatic N) is 2. The van der Waals surface area contributed by atoms with Crippen molar-refractivity contribution in [2.45, 2.75) is 11.3 Å². The molecule has 0 fully saturated rings. The Morgan fingerprint density at radius 1 is 1.03 bits per heavy atom. The number of amides is 1. The number of sulfonamides is 1. The summed E-state index contributed by atoms with van der Waals surface area (Å²) in [4.78, 5) is 13.1. The predicted octanol–water partition coefficient (Wildman–Crippen LogP) is 5.00. The fourth-order valence-corrected chi connectivity index (χ4v) is 5.43. The van der Waals surface area contributed by atoms with E-state index in [1.165, 1.54) is 22.7 Å². The Balaban J connectivity index is 1.43. The second-order valence-corrected chi connectivity index (χ2v) is 9.82. The maximum absolute atomic E-state index is 13.2. The molecule has 2 heterocycles. The van der Waals surface area contributed by atoms with Crippen molar-refractivity contribution in [1.29, 1.82) is 0 Å². The lowest BCUT2D eigenvalue weighted by molar-refractivity contribution is 0.102. The van der Waals surface area contributed by atoms with Crippen LogP contribution in [0.4, 0.5) is 11.4 Å². The van der Waals surface area contributed by atoms with Gasteiger partial charge in [0.2, 0.25) is 0 Å². The van der Waals surface area contributed by atoms with Crippen LogP contribution in [0.5, 0.6) is 0 Å². The summed E-state index contributed by atoms with van der Waals surface area (Å²) in [6, 6.07) is 20.6. The third-order valence-electron chi connectivity index (χ3n) is 5.46. The van der Waals surface area contributed by atoms with Crippen molar-refractivity contribution >= 4 is 38.9 Å². The molecular weight excluding hydrogens is 462 g/mol. The smallest absolute Gasteiger partial charge is 0.264 e. The average molecular weight is 480 g/mol. The van der Waals surface area contributed by atoms with Gasteiger partial charge in [-0.05, 0) is 48.4 Å². The zero-order valence-electron chi connectivity index (χ0n) is 17.2. The molecule has 3 aromatic carbocycles. The minimum absolute atomic E-state index is 0.158. The minimum atomic E-state index is -3.76. The van der Waals surface area contributed by atoms with Gasteiger partial charge in [0, 0.05) is 22.8 Å². The first-order valence-electron chi connectivity index (χ1n) is 10.2. The predicted molar refractivity (Wildman–Crippen MR) is 126 cm³/mol. The van der Waals surface area contributed by atoms with Gasteiger partial charge >= 0.3 is 0 Å². The van der Waals surface area contributed by atoms with Crippen molar-refractivity contribution in [3.63, 3.8) is 0 Å². The second-order valence-electron chi connectivity index (χ2n) is 7.52. The van der Waals surface area contributed by atoms with Gasteiger partial charge in [0.1, 0.15) is 17.5 Å². The highest BCUT2D eigenvalue weighted by molar-refractivity contribution is 7.92. The van der Waals surface area contributed by atoms with E-state index in [1.807, 2.05) is 36.4 Å². The van der Waals surface area contributed by atoms with Crippen LogP contribution >= 0.6 is 11.6 Å². The summed E-state index contributed by atoms with van der Waals surface area (Å²) in [6.07, 6.45) is 1.88. The van der Waals surface area contributed by atoms with Gasteiger partial charge in [0.15, 0.2) is 0 Å². The van der Waals surface area contributed by atoms with Gasteiger partial charge in [0.25, 0.3) is 15.9 Å². The van der Waals surface area contributed by atoms with E-state index >= 15 is 0 Å². The molecule has 1 N–H and O–H groups in total. The summed E-state index contributed by atoms with van der Waals surface area (Å²) < 4.78 is 32.8. The quantitative estimate of drug-likeness (QED) is 0.435. The Bertz CT molecular complexity index is 1430. The molecule has 4 aromatic rings. The number of carbonyl (C=O) groups excluding carboxylic acids is 1. The van der Waals surface area contributed by atoms with Gasteiger partial charge in [-0.25, -0.2) is 8.42 Å². The second kappa shape index (κ2) is 8.38. The first-order valence-corrected chi connectivity index (χ1v) is 12.0. The molecule has 33 heavy (non-hydrogen) atoms. The number of rotatable bonds is 5. The number of carbonyl (C=O) groups is 1. The van der Waals surface area contributed by atoms with Crippen LogP contribution in [0.15, 0.2) is 88.5 Å². The van der Waals surface area contributed by atoms with Crippen molar-refractivity contribution < 1.29 is 17.7 Å². The van der Waals surface area contributed by atoms with Gasteiger partial charge in [-0.15, -0.1) is 0 Å². The summed E-state index contributed by atoms with van der Waals surface area (Å²) in [6.45, 7) is 0.321. The third kappa shape index (κ3) is 3.99. The number of halogens is 1. The van der Waals surface area contributed by atoms with Crippen LogP contribution in [-0.4, -0.2) is 26.0 Å². The first-order chi connectivity index (χ1) is 15.9. The molecule has 5 rings (SSSR count). The van der Waals surface area contributed by atoms with E-state index in [4.69, 9.17) is 16.1 Å². The number of anilines is 2. The van der Waals surface area contributed by atoms with Crippen LogP contribution in [-0.2, 0) is 16.4 Å². The topological polar surface area (TPSA) is 92.5 Å². The van der Waals surface area contributed by atoms with Gasteiger partial charge in [-0.2, -0.15) is 0 Å². The molecule has 0 radical (unpaired) electrons. The Labute approximate surface area is 195 Å². The lowest BCUT2D eigenvalue weighted by Gasteiger charge is -2.20. The van der Waals surface area contributed by atoms with E-state index < -0.39 is 15.9 Å². The SMILES string of the molecule is O=C(Nc1ccc2c(c1)N(S(=O)(=O)c1ccc(Cl)cc1)CC2)c1conc1-c1ccccc1. The Morgan fingerprint density at radius 2 is 1.79 bits per heavy atom. The number of hydrogen-bond donors (Lipinski definition) is 1. The Kier molecular flexibility index (Phi) is 5.39. The van der Waals surface area contributed by atoms with Crippen LogP contribution in [0.1, 0.15) is 15.9 Å². The average Bonchev–Trinajstić information content (AvgIpc) is 3.47. The molecule has 0 spiro atoms. The molecule has 1 aliphatic rings. The van der Waals surface area contributed by atoms with Crippen molar-refractivity contribution in [3.8, 4) is 11.3 Å². The molecule has 9 heteroatoms. The van der Waals surface area contributed by atoms with Crippen LogP contribution in [0.25, 0.3) is 11.3 Å². The normalized spacial score (nSPS) is 13.1. The fourth-order valence-electron chi connectivity index (χ4n) is 3.81. The number of nitrogens with one attached hydrogen (secondary N) is 1. The molecule has 0 atom stereocenters. The molecule has 0 saturated carbocycles. The molecule has 7 nitrogen and oxygen atoms in total. The van der Waals surface area contributed by atoms with Crippen molar-refractivity contribution in [2.24, 2.45) is 0 Å². The van der Waals surface area contributed by atoms with Crippen molar-refractivity contribution in [1.82, 2.24) is 5.16 Å². The number of hydrogen-bond acceptors (Lipinski definition) is 5. The molecule has 1 amide bonds. The highest BCUT2D eigenvalue weighted by atomic mass is 35.5. The molecule has 0 unspecified atom stereocenters. The van der Waals surface area contributed by atoms with Crippen LogP contribution in [0, 0.1) is 0 Å². The molecule has 0 saturated heterocycles. The summed E-state index contributed by atoms with van der Waals surface area (Å²) in [5.41, 5.74) is 3.37. The van der Waals surface area contributed by atoms with E-state index in [9.17, 15) is 13.2 Å². The molecule has 1 aliphatic heterocycles. The summed E-state index contributed by atoms with van der Waals surface area (Å²) >= 11 is 5.90. The standard InChI is InChI=1S/C24H18ClN3O4S/c25-18-7-10-20(11-8-18)33(30,31)28-13-12-16-6-9-19(14-22(16)28)26-24(29)21-15-32-27-23(21)17-4-2-1-3-5-17/h1-11,14-15H,12-13H2,(H,26,29). The highest BCUT2D eigenvalue weighted by Crippen LogP contribution is 2.35. The monoisotopic (exact) mass is 479 g/mol. The van der Waals surface area contributed by atoms with Gasteiger partial charge in [-0.3, -0.25) is 9.10 Å². The van der Waals surface area contributed by atoms with Crippen LogP contribution in [0.2, 0.25) is 5.02 Å². The number of fused-ring (bicyclic) bond motifs is 1. The fraction of sp³-hybridized carbons (Fsp3) is 0.0833. The molecular formula is C24H18ClN3O4S. The summed E-state index contributed by atoms with van der Waals surface area (Å²) in [5.74, 6) is -0.403. The first kappa shape index (κ1) is 21.2. The lowest BCUT2D eigenvalue weighted by atomic mass is 10.1. The van der Waals surface area contributed by atoms with E-state index in [1.54, 1.807) is 24.3 Å². The molecule has 166 valence electrons. The van der Waals surface area contributed by atoms with Gasteiger partial charge < -0.3 is 9.84 Å². The summed E-state index contributed by atoms with van der Waals surface area (Å²) in [5, 5.41) is 7.25. The maximum Gasteiger partial charge on any atom is 0.264 e. The zero-order valence-corrected chi connectivity index (χ0v) is 18.8. The molecule has 1 aromatic heterocycles. The lowest BCUT2D eigenvalue weighted by Crippen LogP contribution is -2.29. The van der Waals surface area contributed by atoms with Crippen LogP contribution < -0.4 is 9.62 Å². The third-order valence-corrected chi connectivity index (χ3v) is 7.54. The van der Waals surface area contributed by atoms with E-state index in [0.29, 0.717) is 35.1 Å².